The molecule has 0 spiro atoms. The Balaban J connectivity index is 2.53. The minimum atomic E-state index is -0.215. The Hall–Kier alpha value is -0.410. The Morgan fingerprint density at radius 2 is 1.82 bits per heavy atom. The highest BCUT2D eigenvalue weighted by Crippen LogP contribution is 2.34. The van der Waals surface area contributed by atoms with Crippen molar-refractivity contribution in [3.63, 3.8) is 0 Å². The molecule has 100 valence electrons. The number of rotatable bonds is 5. The molecule has 4 unspecified atom stereocenters. The van der Waals surface area contributed by atoms with Crippen LogP contribution in [0, 0.1) is 11.8 Å². The molecule has 1 aliphatic rings. The summed E-state index contributed by atoms with van der Waals surface area (Å²) in [6, 6.07) is 0. The molecule has 0 radical (unpaired) electrons. The van der Waals surface area contributed by atoms with Crippen LogP contribution in [-0.4, -0.2) is 30.7 Å². The average Bonchev–Trinajstić information content (AvgIpc) is 2.50. The standard InChI is InChI=1S/C14H26O3/c1-9-10(2)17-11(3)13(9)12(15)7-8-14(4,5)16-6/h9-11,13H,7-8H2,1-6H3. The van der Waals surface area contributed by atoms with Gasteiger partial charge in [-0.25, -0.2) is 0 Å². The highest BCUT2D eigenvalue weighted by Gasteiger charge is 2.41. The summed E-state index contributed by atoms with van der Waals surface area (Å²) in [4.78, 5) is 12.2. The van der Waals surface area contributed by atoms with Crippen LogP contribution in [0.2, 0.25) is 0 Å². The maximum Gasteiger partial charge on any atom is 0.139 e. The summed E-state index contributed by atoms with van der Waals surface area (Å²) in [6.45, 7) is 10.2. The summed E-state index contributed by atoms with van der Waals surface area (Å²) in [7, 11) is 1.69. The molecule has 1 rings (SSSR count). The van der Waals surface area contributed by atoms with E-state index in [9.17, 15) is 4.79 Å². The van der Waals surface area contributed by atoms with E-state index in [-0.39, 0.29) is 23.7 Å². The van der Waals surface area contributed by atoms with E-state index in [1.807, 2.05) is 27.7 Å². The van der Waals surface area contributed by atoms with Crippen LogP contribution in [0.25, 0.3) is 0 Å². The molecule has 1 heterocycles. The quantitative estimate of drug-likeness (QED) is 0.743. The van der Waals surface area contributed by atoms with Crippen LogP contribution in [0.5, 0.6) is 0 Å². The van der Waals surface area contributed by atoms with Gasteiger partial charge in [0.05, 0.1) is 17.8 Å². The van der Waals surface area contributed by atoms with Crippen LogP contribution in [0.1, 0.15) is 47.5 Å². The number of hydrogen-bond donors (Lipinski definition) is 0. The topological polar surface area (TPSA) is 35.5 Å². The fourth-order valence-corrected chi connectivity index (χ4v) is 2.51. The van der Waals surface area contributed by atoms with Gasteiger partial charge in [0.15, 0.2) is 0 Å². The van der Waals surface area contributed by atoms with E-state index in [0.29, 0.717) is 18.1 Å². The minimum absolute atomic E-state index is 0.0534. The van der Waals surface area contributed by atoms with Crippen molar-refractivity contribution in [1.82, 2.24) is 0 Å². The van der Waals surface area contributed by atoms with Crippen molar-refractivity contribution in [2.24, 2.45) is 11.8 Å². The van der Waals surface area contributed by atoms with Gasteiger partial charge in [-0.3, -0.25) is 4.79 Å². The Kier molecular flexibility index (Phi) is 4.73. The molecule has 0 aromatic carbocycles. The van der Waals surface area contributed by atoms with Gasteiger partial charge in [-0.2, -0.15) is 0 Å². The molecule has 17 heavy (non-hydrogen) atoms. The van der Waals surface area contributed by atoms with Gasteiger partial charge in [-0.15, -0.1) is 0 Å². The molecule has 0 N–H and O–H groups in total. The van der Waals surface area contributed by atoms with E-state index in [2.05, 4.69) is 6.92 Å². The first kappa shape index (κ1) is 14.7. The summed E-state index contributed by atoms with van der Waals surface area (Å²) in [5.41, 5.74) is -0.215. The van der Waals surface area contributed by atoms with Crippen molar-refractivity contribution < 1.29 is 14.3 Å². The first-order valence-electron chi connectivity index (χ1n) is 6.52. The Bertz CT molecular complexity index is 273. The second-order valence-corrected chi connectivity index (χ2v) is 5.86. The van der Waals surface area contributed by atoms with Crippen LogP contribution in [-0.2, 0) is 14.3 Å². The van der Waals surface area contributed by atoms with E-state index in [0.717, 1.165) is 6.42 Å². The van der Waals surface area contributed by atoms with E-state index in [1.165, 1.54) is 0 Å². The monoisotopic (exact) mass is 242 g/mol. The predicted octanol–water partition coefficient (Wildman–Crippen LogP) is 2.82. The molecule has 1 fully saturated rings. The molecule has 0 bridgehead atoms. The molecule has 0 saturated carbocycles. The zero-order valence-corrected chi connectivity index (χ0v) is 11.9. The number of carbonyl (C=O) groups excluding carboxylic acids is 1. The molecule has 0 aliphatic carbocycles. The molecule has 3 heteroatoms. The van der Waals surface area contributed by atoms with Crippen molar-refractivity contribution in [1.29, 1.82) is 0 Å². The molecular formula is C14H26O3. The molecule has 1 saturated heterocycles. The van der Waals surface area contributed by atoms with Crippen LogP contribution >= 0.6 is 0 Å². The second-order valence-electron chi connectivity index (χ2n) is 5.86. The zero-order valence-electron chi connectivity index (χ0n) is 11.9. The number of hydrogen-bond acceptors (Lipinski definition) is 3. The SMILES string of the molecule is COC(C)(C)CCC(=O)C1C(C)OC(C)C1C. The molecule has 0 aromatic rings. The zero-order chi connectivity index (χ0) is 13.2. The summed E-state index contributed by atoms with van der Waals surface area (Å²) >= 11 is 0. The van der Waals surface area contributed by atoms with Crippen molar-refractivity contribution >= 4 is 5.78 Å². The number of ether oxygens (including phenoxy) is 2. The fourth-order valence-electron chi connectivity index (χ4n) is 2.51. The average molecular weight is 242 g/mol. The normalized spacial score (nSPS) is 34.0. The third-order valence-corrected chi connectivity index (χ3v) is 4.14. The van der Waals surface area contributed by atoms with Crippen molar-refractivity contribution in [3.05, 3.63) is 0 Å². The number of ketones is 1. The number of Topliss-reactive ketones (excluding diaryl/α,β-unsaturated/α-hetero) is 1. The van der Waals surface area contributed by atoms with Crippen LogP contribution in [0.3, 0.4) is 0 Å². The van der Waals surface area contributed by atoms with Crippen molar-refractivity contribution in [3.8, 4) is 0 Å². The molecule has 1 aliphatic heterocycles. The first-order valence-corrected chi connectivity index (χ1v) is 6.52. The van der Waals surface area contributed by atoms with Gasteiger partial charge in [0.1, 0.15) is 5.78 Å². The van der Waals surface area contributed by atoms with Gasteiger partial charge in [0, 0.05) is 19.4 Å². The van der Waals surface area contributed by atoms with Crippen LogP contribution < -0.4 is 0 Å². The molecule has 0 amide bonds. The number of carbonyl (C=O) groups is 1. The lowest BCUT2D eigenvalue weighted by Gasteiger charge is -2.24. The van der Waals surface area contributed by atoms with E-state index in [1.54, 1.807) is 7.11 Å². The molecule has 0 aromatic heterocycles. The molecule has 4 atom stereocenters. The maximum absolute atomic E-state index is 12.2. The second kappa shape index (κ2) is 5.49. The van der Waals surface area contributed by atoms with E-state index < -0.39 is 0 Å². The predicted molar refractivity (Wildman–Crippen MR) is 68.0 cm³/mol. The molecular weight excluding hydrogens is 216 g/mol. The maximum atomic E-state index is 12.2. The van der Waals surface area contributed by atoms with Gasteiger partial charge in [0.25, 0.3) is 0 Å². The largest absolute Gasteiger partial charge is 0.379 e. The lowest BCUT2D eigenvalue weighted by Crippen LogP contribution is -2.30. The Morgan fingerprint density at radius 3 is 2.24 bits per heavy atom. The summed E-state index contributed by atoms with van der Waals surface area (Å²) in [6.07, 6.45) is 1.59. The fraction of sp³-hybridized carbons (Fsp3) is 0.929. The first-order chi connectivity index (χ1) is 7.78. The third-order valence-electron chi connectivity index (χ3n) is 4.14. The lowest BCUT2D eigenvalue weighted by molar-refractivity contribution is -0.126. The van der Waals surface area contributed by atoms with Crippen molar-refractivity contribution in [2.45, 2.75) is 65.3 Å². The van der Waals surface area contributed by atoms with E-state index >= 15 is 0 Å². The van der Waals surface area contributed by atoms with E-state index in [4.69, 9.17) is 9.47 Å². The van der Waals surface area contributed by atoms with Gasteiger partial charge in [0.2, 0.25) is 0 Å². The van der Waals surface area contributed by atoms with Crippen LogP contribution in [0.15, 0.2) is 0 Å². The lowest BCUT2D eigenvalue weighted by atomic mass is 9.83. The minimum Gasteiger partial charge on any atom is -0.379 e. The summed E-state index contributed by atoms with van der Waals surface area (Å²) in [5.74, 6) is 0.695. The highest BCUT2D eigenvalue weighted by atomic mass is 16.5. The van der Waals surface area contributed by atoms with Gasteiger partial charge < -0.3 is 9.47 Å². The Morgan fingerprint density at radius 1 is 1.24 bits per heavy atom. The summed E-state index contributed by atoms with van der Waals surface area (Å²) in [5, 5.41) is 0. The summed E-state index contributed by atoms with van der Waals surface area (Å²) < 4.78 is 11.1. The van der Waals surface area contributed by atoms with Gasteiger partial charge in [-0.05, 0) is 40.0 Å². The highest BCUT2D eigenvalue weighted by molar-refractivity contribution is 5.82. The van der Waals surface area contributed by atoms with Gasteiger partial charge >= 0.3 is 0 Å². The van der Waals surface area contributed by atoms with Crippen molar-refractivity contribution in [2.75, 3.05) is 7.11 Å². The Labute approximate surface area is 105 Å². The van der Waals surface area contributed by atoms with Crippen LogP contribution in [0.4, 0.5) is 0 Å². The number of methoxy groups -OCH3 is 1. The molecule has 3 nitrogen and oxygen atoms in total. The van der Waals surface area contributed by atoms with Gasteiger partial charge in [-0.1, -0.05) is 6.92 Å². The third kappa shape index (κ3) is 3.52. The smallest absolute Gasteiger partial charge is 0.139 e.